The Kier molecular flexibility index (Phi) is 12.7. The molecule has 0 aromatic rings. The summed E-state index contributed by atoms with van der Waals surface area (Å²) in [6.07, 6.45) is 10.0. The molecule has 0 atom stereocenters. The molecule has 0 unspecified atom stereocenters. The molecule has 95 valence electrons. The second-order valence-corrected chi connectivity index (χ2v) is 4.56. The summed E-state index contributed by atoms with van der Waals surface area (Å²) in [5.74, 6) is 0.613. The van der Waals surface area contributed by atoms with E-state index >= 15 is 0 Å². The molecule has 0 aliphatic carbocycles. The molecule has 0 aromatic carbocycles. The largest absolute Gasteiger partial charge is 0.466 e. The summed E-state index contributed by atoms with van der Waals surface area (Å²) in [6, 6.07) is 0. The van der Waals surface area contributed by atoms with E-state index in [-0.39, 0.29) is 5.97 Å². The first-order chi connectivity index (χ1) is 7.81. The summed E-state index contributed by atoms with van der Waals surface area (Å²) in [5, 5.41) is 0. The van der Waals surface area contributed by atoms with Crippen molar-refractivity contribution in [3.8, 4) is 0 Å². The van der Waals surface area contributed by atoms with Crippen molar-refractivity contribution in [2.75, 3.05) is 12.4 Å². The van der Waals surface area contributed by atoms with Gasteiger partial charge in [0.15, 0.2) is 0 Å². The van der Waals surface area contributed by atoms with Gasteiger partial charge < -0.3 is 4.74 Å². The van der Waals surface area contributed by atoms with Crippen LogP contribution in [0.3, 0.4) is 0 Å². The molecule has 3 heteroatoms. The van der Waals surface area contributed by atoms with Crippen LogP contribution in [0.2, 0.25) is 0 Å². The van der Waals surface area contributed by atoms with Crippen LogP contribution >= 0.6 is 12.6 Å². The molecular weight excluding hydrogens is 220 g/mol. The molecule has 0 spiro atoms. The van der Waals surface area contributed by atoms with Gasteiger partial charge >= 0.3 is 5.97 Å². The lowest BCUT2D eigenvalue weighted by molar-refractivity contribution is -0.143. The standard InChI is InChI=1S/C13H25O2S/c1-2-3-4-5-6-7-8-10-13(14)15-11-9-12-16/h2-12H2,1H3. The molecule has 0 bridgehead atoms. The number of hydrogen-bond acceptors (Lipinski definition) is 2. The highest BCUT2D eigenvalue weighted by molar-refractivity contribution is 7.80. The van der Waals surface area contributed by atoms with Crippen LogP contribution < -0.4 is 0 Å². The lowest BCUT2D eigenvalue weighted by Crippen LogP contribution is -2.05. The molecule has 0 aliphatic rings. The van der Waals surface area contributed by atoms with Crippen molar-refractivity contribution in [1.82, 2.24) is 0 Å². The lowest BCUT2D eigenvalue weighted by atomic mass is 10.1. The highest BCUT2D eigenvalue weighted by Gasteiger charge is 2.01. The molecule has 0 amide bonds. The van der Waals surface area contributed by atoms with Crippen LogP contribution in [-0.2, 0) is 9.53 Å². The third kappa shape index (κ3) is 11.9. The first-order valence-electron chi connectivity index (χ1n) is 6.55. The zero-order valence-corrected chi connectivity index (χ0v) is 11.3. The molecule has 0 heterocycles. The van der Waals surface area contributed by atoms with Crippen molar-refractivity contribution in [2.45, 2.75) is 64.7 Å². The Balaban J connectivity index is 3.09. The van der Waals surface area contributed by atoms with Gasteiger partial charge in [-0.15, -0.1) is 0 Å². The number of hydrogen-bond donors (Lipinski definition) is 0. The Bertz CT molecular complexity index is 160. The molecule has 0 rings (SSSR count). The van der Waals surface area contributed by atoms with E-state index in [0.29, 0.717) is 18.8 Å². The summed E-state index contributed by atoms with van der Waals surface area (Å²) in [4.78, 5) is 11.2. The van der Waals surface area contributed by atoms with Crippen LogP contribution in [0.4, 0.5) is 0 Å². The fraction of sp³-hybridized carbons (Fsp3) is 0.923. The Morgan fingerprint density at radius 1 is 1.00 bits per heavy atom. The molecule has 0 saturated carbocycles. The normalized spacial score (nSPS) is 10.4. The molecule has 0 N–H and O–H groups in total. The van der Waals surface area contributed by atoms with Gasteiger partial charge in [0.1, 0.15) is 0 Å². The number of esters is 1. The zero-order valence-electron chi connectivity index (χ0n) is 10.5. The van der Waals surface area contributed by atoms with Crippen molar-refractivity contribution in [1.29, 1.82) is 0 Å². The minimum absolute atomic E-state index is 0.0583. The molecule has 0 aromatic heterocycles. The van der Waals surface area contributed by atoms with E-state index in [1.165, 1.54) is 32.1 Å². The lowest BCUT2D eigenvalue weighted by Gasteiger charge is -2.03. The smallest absolute Gasteiger partial charge is 0.305 e. The van der Waals surface area contributed by atoms with Gasteiger partial charge in [0.25, 0.3) is 0 Å². The van der Waals surface area contributed by atoms with E-state index in [9.17, 15) is 4.79 Å². The summed E-state index contributed by atoms with van der Waals surface area (Å²) in [7, 11) is 0. The first-order valence-corrected chi connectivity index (χ1v) is 7.12. The zero-order chi connectivity index (χ0) is 12.1. The van der Waals surface area contributed by atoms with Crippen molar-refractivity contribution >= 4 is 18.6 Å². The fourth-order valence-corrected chi connectivity index (χ4v) is 1.66. The molecule has 0 aliphatic heterocycles. The van der Waals surface area contributed by atoms with Crippen molar-refractivity contribution in [3.63, 3.8) is 0 Å². The van der Waals surface area contributed by atoms with Gasteiger partial charge in [0, 0.05) is 12.2 Å². The van der Waals surface area contributed by atoms with Crippen LogP contribution in [0.5, 0.6) is 0 Å². The SMILES string of the molecule is CCCCCCCCCC(=O)OCCC[S]. The fourth-order valence-electron chi connectivity index (χ4n) is 1.54. The number of carbonyl (C=O) groups is 1. The molecule has 1 radical (unpaired) electrons. The number of ether oxygens (including phenoxy) is 1. The van der Waals surface area contributed by atoms with E-state index in [1.807, 2.05) is 0 Å². The topological polar surface area (TPSA) is 26.3 Å². The van der Waals surface area contributed by atoms with Crippen LogP contribution in [-0.4, -0.2) is 18.3 Å². The van der Waals surface area contributed by atoms with E-state index < -0.39 is 0 Å². The predicted molar refractivity (Wildman–Crippen MR) is 70.6 cm³/mol. The molecule has 16 heavy (non-hydrogen) atoms. The number of rotatable bonds is 11. The average molecular weight is 245 g/mol. The van der Waals surface area contributed by atoms with Crippen molar-refractivity contribution in [2.24, 2.45) is 0 Å². The van der Waals surface area contributed by atoms with Gasteiger partial charge in [-0.3, -0.25) is 4.79 Å². The van der Waals surface area contributed by atoms with Gasteiger partial charge in [0.05, 0.1) is 6.61 Å². The number of unbranched alkanes of at least 4 members (excludes halogenated alkanes) is 6. The Morgan fingerprint density at radius 2 is 1.62 bits per heavy atom. The molecule has 2 nitrogen and oxygen atoms in total. The minimum atomic E-state index is -0.0583. The first kappa shape index (κ1) is 15.8. The highest BCUT2D eigenvalue weighted by atomic mass is 32.1. The Morgan fingerprint density at radius 3 is 2.25 bits per heavy atom. The molecule has 0 fully saturated rings. The third-order valence-corrected chi connectivity index (χ3v) is 2.82. The van der Waals surface area contributed by atoms with E-state index in [2.05, 4.69) is 6.92 Å². The van der Waals surface area contributed by atoms with E-state index in [4.69, 9.17) is 17.4 Å². The maximum absolute atomic E-state index is 11.2. The van der Waals surface area contributed by atoms with Crippen LogP contribution in [0.1, 0.15) is 64.7 Å². The summed E-state index contributed by atoms with van der Waals surface area (Å²) in [6.45, 7) is 2.72. The van der Waals surface area contributed by atoms with Crippen molar-refractivity contribution < 1.29 is 9.53 Å². The quantitative estimate of drug-likeness (QED) is 0.401. The van der Waals surface area contributed by atoms with Gasteiger partial charge in [-0.25, -0.2) is 0 Å². The summed E-state index contributed by atoms with van der Waals surface area (Å²) in [5.41, 5.74) is 0. The molecular formula is C13H25O2S. The van der Waals surface area contributed by atoms with Gasteiger partial charge in [-0.05, 0) is 12.8 Å². The van der Waals surface area contributed by atoms with E-state index in [1.54, 1.807) is 0 Å². The van der Waals surface area contributed by atoms with Gasteiger partial charge in [-0.2, -0.15) is 0 Å². The number of carbonyl (C=O) groups excluding carboxylic acids is 1. The van der Waals surface area contributed by atoms with E-state index in [0.717, 1.165) is 19.3 Å². The van der Waals surface area contributed by atoms with Gasteiger partial charge in [-0.1, -0.05) is 58.1 Å². The maximum Gasteiger partial charge on any atom is 0.305 e. The van der Waals surface area contributed by atoms with Crippen LogP contribution in [0, 0.1) is 0 Å². The van der Waals surface area contributed by atoms with Gasteiger partial charge in [0.2, 0.25) is 0 Å². The summed E-state index contributed by atoms with van der Waals surface area (Å²) < 4.78 is 5.02. The summed E-state index contributed by atoms with van der Waals surface area (Å²) >= 11 is 4.77. The Labute approximate surface area is 106 Å². The van der Waals surface area contributed by atoms with Crippen LogP contribution in [0.15, 0.2) is 0 Å². The molecule has 0 saturated heterocycles. The Hall–Kier alpha value is -0.180. The monoisotopic (exact) mass is 245 g/mol. The van der Waals surface area contributed by atoms with Crippen molar-refractivity contribution in [3.05, 3.63) is 0 Å². The third-order valence-electron chi connectivity index (χ3n) is 2.54. The highest BCUT2D eigenvalue weighted by Crippen LogP contribution is 2.08. The second kappa shape index (κ2) is 12.9. The predicted octanol–water partition coefficient (Wildman–Crippen LogP) is 4.26. The maximum atomic E-state index is 11.2. The average Bonchev–Trinajstić information content (AvgIpc) is 2.28. The van der Waals surface area contributed by atoms with Crippen LogP contribution in [0.25, 0.3) is 0 Å². The minimum Gasteiger partial charge on any atom is -0.466 e. The second-order valence-electron chi connectivity index (χ2n) is 4.15.